The smallest absolute Gasteiger partial charge is 0.410 e. The van der Waals surface area contributed by atoms with E-state index in [1.807, 2.05) is 20.8 Å². The number of carbonyl (C=O) groups is 1. The van der Waals surface area contributed by atoms with Crippen molar-refractivity contribution in [2.45, 2.75) is 51.7 Å². The monoisotopic (exact) mass is 281 g/mol. The molecule has 0 aliphatic carbocycles. The number of nitrogens with zero attached hydrogens (tertiary/aromatic N) is 3. The zero-order valence-electron chi connectivity index (χ0n) is 12.3. The molecule has 7 nitrogen and oxygen atoms in total. The number of likely N-dealkylation sites (tertiary alicyclic amines) is 1. The van der Waals surface area contributed by atoms with Crippen molar-refractivity contribution < 1.29 is 9.53 Å². The van der Waals surface area contributed by atoms with Gasteiger partial charge in [0.1, 0.15) is 11.4 Å². The average molecular weight is 281 g/mol. The predicted octanol–water partition coefficient (Wildman–Crippen LogP) is 1.38. The van der Waals surface area contributed by atoms with Gasteiger partial charge in [-0.15, -0.1) is 0 Å². The van der Waals surface area contributed by atoms with E-state index in [-0.39, 0.29) is 12.0 Å². The molecule has 0 saturated carbocycles. The predicted molar refractivity (Wildman–Crippen MR) is 74.1 cm³/mol. The first-order valence-corrected chi connectivity index (χ1v) is 6.98. The summed E-state index contributed by atoms with van der Waals surface area (Å²) in [6.45, 7) is 7.27. The van der Waals surface area contributed by atoms with Crippen molar-refractivity contribution in [3.05, 3.63) is 11.6 Å². The second-order valence-electron chi connectivity index (χ2n) is 6.11. The Hall–Kier alpha value is -1.63. The van der Waals surface area contributed by atoms with Gasteiger partial charge in [-0.2, -0.15) is 5.10 Å². The van der Waals surface area contributed by atoms with E-state index in [1.165, 1.54) is 0 Å². The van der Waals surface area contributed by atoms with Crippen LogP contribution in [0.2, 0.25) is 0 Å². The van der Waals surface area contributed by atoms with Crippen molar-refractivity contribution in [3.8, 4) is 0 Å². The summed E-state index contributed by atoms with van der Waals surface area (Å²) in [5, 5.41) is 7.00. The summed E-state index contributed by atoms with van der Waals surface area (Å²) in [6, 6.07) is 0. The lowest BCUT2D eigenvalue weighted by Gasteiger charge is -2.33. The van der Waals surface area contributed by atoms with Crippen LogP contribution < -0.4 is 5.73 Å². The van der Waals surface area contributed by atoms with Gasteiger partial charge in [-0.05, 0) is 33.6 Å². The van der Waals surface area contributed by atoms with Crippen molar-refractivity contribution in [1.29, 1.82) is 0 Å². The van der Waals surface area contributed by atoms with Gasteiger partial charge in [0.2, 0.25) is 0 Å². The van der Waals surface area contributed by atoms with Gasteiger partial charge in [0.05, 0.1) is 6.54 Å². The van der Waals surface area contributed by atoms with Gasteiger partial charge in [0, 0.05) is 19.0 Å². The molecule has 2 rings (SSSR count). The number of nitrogens with one attached hydrogen (secondary N) is 1. The van der Waals surface area contributed by atoms with Crippen molar-refractivity contribution in [2.24, 2.45) is 5.73 Å². The molecule has 0 radical (unpaired) electrons. The van der Waals surface area contributed by atoms with Crippen LogP contribution in [0.25, 0.3) is 0 Å². The summed E-state index contributed by atoms with van der Waals surface area (Å²) in [4.78, 5) is 18.2. The van der Waals surface area contributed by atoms with Gasteiger partial charge < -0.3 is 15.4 Å². The Labute approximate surface area is 118 Å². The molecule has 0 aromatic carbocycles. The maximum absolute atomic E-state index is 12.1. The summed E-state index contributed by atoms with van der Waals surface area (Å²) in [5.41, 5.74) is 5.05. The second kappa shape index (κ2) is 5.78. The molecule has 1 aliphatic heterocycles. The lowest BCUT2D eigenvalue weighted by molar-refractivity contribution is 0.0196. The van der Waals surface area contributed by atoms with Gasteiger partial charge in [-0.3, -0.25) is 5.10 Å². The fourth-order valence-electron chi connectivity index (χ4n) is 2.26. The molecule has 7 heteroatoms. The molecule has 1 amide bonds. The molecule has 1 atom stereocenters. The van der Waals surface area contributed by atoms with E-state index in [4.69, 9.17) is 10.5 Å². The van der Waals surface area contributed by atoms with Crippen LogP contribution >= 0.6 is 0 Å². The first kappa shape index (κ1) is 14.8. The number of hydrogen-bond acceptors (Lipinski definition) is 5. The SMILES string of the molecule is CC(C)(C)OC(=O)N1CCC[C@@H](c2n[nH]c(CN)n2)C1. The third kappa shape index (κ3) is 3.69. The number of amides is 1. The highest BCUT2D eigenvalue weighted by Gasteiger charge is 2.30. The minimum Gasteiger partial charge on any atom is -0.444 e. The molecular formula is C13H23N5O2. The quantitative estimate of drug-likeness (QED) is 0.853. The highest BCUT2D eigenvalue weighted by Crippen LogP contribution is 2.25. The number of piperidine rings is 1. The standard InChI is InChI=1S/C13H23N5O2/c1-13(2,3)20-12(19)18-6-4-5-9(8-18)11-15-10(7-14)16-17-11/h9H,4-8,14H2,1-3H3,(H,15,16,17)/t9-/m1/s1. The van der Waals surface area contributed by atoms with E-state index >= 15 is 0 Å². The van der Waals surface area contributed by atoms with Gasteiger partial charge in [-0.1, -0.05) is 0 Å². The van der Waals surface area contributed by atoms with Crippen molar-refractivity contribution in [1.82, 2.24) is 20.1 Å². The highest BCUT2D eigenvalue weighted by molar-refractivity contribution is 5.68. The first-order valence-electron chi connectivity index (χ1n) is 6.98. The van der Waals surface area contributed by atoms with Crippen LogP contribution in [0.15, 0.2) is 0 Å². The molecule has 20 heavy (non-hydrogen) atoms. The van der Waals surface area contributed by atoms with Gasteiger partial charge in [0.15, 0.2) is 5.82 Å². The number of hydrogen-bond donors (Lipinski definition) is 2. The molecule has 1 aliphatic rings. The van der Waals surface area contributed by atoms with Crippen LogP contribution in [0, 0.1) is 0 Å². The topological polar surface area (TPSA) is 97.1 Å². The van der Waals surface area contributed by atoms with Gasteiger partial charge >= 0.3 is 6.09 Å². The Morgan fingerprint density at radius 3 is 2.90 bits per heavy atom. The highest BCUT2D eigenvalue weighted by atomic mass is 16.6. The summed E-state index contributed by atoms with van der Waals surface area (Å²) >= 11 is 0. The Morgan fingerprint density at radius 1 is 1.55 bits per heavy atom. The second-order valence-corrected chi connectivity index (χ2v) is 6.11. The first-order chi connectivity index (χ1) is 9.39. The summed E-state index contributed by atoms with van der Waals surface area (Å²) in [7, 11) is 0. The number of aromatic nitrogens is 3. The van der Waals surface area contributed by atoms with E-state index in [0.717, 1.165) is 25.2 Å². The summed E-state index contributed by atoms with van der Waals surface area (Å²) in [5.74, 6) is 1.56. The molecular weight excluding hydrogens is 258 g/mol. The third-order valence-electron chi connectivity index (χ3n) is 3.18. The zero-order valence-corrected chi connectivity index (χ0v) is 12.3. The zero-order chi connectivity index (χ0) is 14.8. The van der Waals surface area contributed by atoms with E-state index in [2.05, 4.69) is 15.2 Å². The number of nitrogens with two attached hydrogens (primary N) is 1. The number of aromatic amines is 1. The van der Waals surface area contributed by atoms with E-state index in [1.54, 1.807) is 4.90 Å². The summed E-state index contributed by atoms with van der Waals surface area (Å²) in [6.07, 6.45) is 1.63. The van der Waals surface area contributed by atoms with Gasteiger partial charge in [0.25, 0.3) is 0 Å². The number of carbonyl (C=O) groups excluding carboxylic acids is 1. The molecule has 112 valence electrons. The normalized spacial score (nSPS) is 20.0. The van der Waals surface area contributed by atoms with E-state index < -0.39 is 5.60 Å². The molecule has 3 N–H and O–H groups in total. The lowest BCUT2D eigenvalue weighted by Crippen LogP contribution is -2.42. The minimum absolute atomic E-state index is 0.146. The van der Waals surface area contributed by atoms with Crippen LogP contribution in [0.4, 0.5) is 4.79 Å². The fraction of sp³-hybridized carbons (Fsp3) is 0.769. The van der Waals surface area contributed by atoms with Crippen molar-refractivity contribution in [3.63, 3.8) is 0 Å². The molecule has 1 aromatic heterocycles. The maximum atomic E-state index is 12.1. The molecule has 1 aromatic rings. The number of H-pyrrole nitrogens is 1. The minimum atomic E-state index is -0.471. The van der Waals surface area contributed by atoms with Crippen molar-refractivity contribution in [2.75, 3.05) is 13.1 Å². The Bertz CT molecular complexity index is 466. The molecule has 0 bridgehead atoms. The van der Waals surface area contributed by atoms with E-state index in [0.29, 0.717) is 18.9 Å². The molecule has 2 heterocycles. The number of ether oxygens (including phenoxy) is 1. The van der Waals surface area contributed by atoms with Crippen LogP contribution in [-0.4, -0.2) is 44.9 Å². The Balaban J connectivity index is 1.99. The van der Waals surface area contributed by atoms with Crippen molar-refractivity contribution >= 4 is 6.09 Å². The molecule has 0 spiro atoms. The van der Waals surface area contributed by atoms with Gasteiger partial charge in [-0.25, -0.2) is 9.78 Å². The lowest BCUT2D eigenvalue weighted by atomic mass is 9.98. The third-order valence-corrected chi connectivity index (χ3v) is 3.18. The largest absolute Gasteiger partial charge is 0.444 e. The summed E-state index contributed by atoms with van der Waals surface area (Å²) < 4.78 is 5.41. The average Bonchev–Trinajstić information content (AvgIpc) is 2.85. The van der Waals surface area contributed by atoms with Crippen LogP contribution in [-0.2, 0) is 11.3 Å². The Morgan fingerprint density at radius 2 is 2.30 bits per heavy atom. The number of rotatable bonds is 2. The van der Waals surface area contributed by atoms with Crippen LogP contribution in [0.3, 0.4) is 0 Å². The fourth-order valence-corrected chi connectivity index (χ4v) is 2.26. The maximum Gasteiger partial charge on any atom is 0.410 e. The van der Waals surface area contributed by atoms with Crippen LogP contribution in [0.5, 0.6) is 0 Å². The van der Waals surface area contributed by atoms with Crippen LogP contribution in [0.1, 0.15) is 51.2 Å². The molecule has 1 fully saturated rings. The van der Waals surface area contributed by atoms with E-state index in [9.17, 15) is 4.79 Å². The molecule has 1 saturated heterocycles. The Kier molecular flexibility index (Phi) is 4.27. The molecule has 0 unspecified atom stereocenters.